The normalized spacial score (nSPS) is 12.4. The van der Waals surface area contributed by atoms with Crippen LogP contribution in [0.2, 0.25) is 5.02 Å². The van der Waals surface area contributed by atoms with Crippen LogP contribution in [0.4, 0.5) is 0 Å². The Kier molecular flexibility index (Phi) is 8.30. The number of benzene rings is 1. The number of hydrogen-bond donors (Lipinski definition) is 2. The molecule has 0 fully saturated rings. The third-order valence-electron chi connectivity index (χ3n) is 3.18. The summed E-state index contributed by atoms with van der Waals surface area (Å²) in [5, 5.41) is 0.774. The molecule has 0 aliphatic rings. The summed E-state index contributed by atoms with van der Waals surface area (Å²) in [5.41, 5.74) is 2.39. The van der Waals surface area contributed by atoms with Crippen LogP contribution in [0.15, 0.2) is 48.7 Å². The Labute approximate surface area is 147 Å². The molecule has 6 nitrogen and oxygen atoms in total. The number of rotatable bonds is 5. The predicted molar refractivity (Wildman–Crippen MR) is 94.9 cm³/mol. The molecule has 0 saturated carbocycles. The molecule has 1 unspecified atom stereocenters. The zero-order valence-electron chi connectivity index (χ0n) is 13.5. The minimum atomic E-state index is -4.67. The van der Waals surface area contributed by atoms with Crippen LogP contribution in [0, 0.1) is 0 Å². The molecule has 0 aliphatic heterocycles. The van der Waals surface area contributed by atoms with Crippen molar-refractivity contribution in [2.75, 3.05) is 20.6 Å². The second-order valence-electron chi connectivity index (χ2n) is 5.40. The highest BCUT2D eigenvalue weighted by molar-refractivity contribution is 7.79. The van der Waals surface area contributed by atoms with E-state index in [1.807, 2.05) is 30.5 Å². The SMILES string of the molecule is CN(C)CCC(c1ccc(Cl)cc1)c1ccccn1.O=S(=O)(O)O. The molecule has 8 heteroatoms. The molecule has 1 heterocycles. The van der Waals surface area contributed by atoms with Crippen LogP contribution in [0.25, 0.3) is 0 Å². The van der Waals surface area contributed by atoms with E-state index in [9.17, 15) is 0 Å². The van der Waals surface area contributed by atoms with E-state index < -0.39 is 10.4 Å². The van der Waals surface area contributed by atoms with Gasteiger partial charge in [0.2, 0.25) is 0 Å². The van der Waals surface area contributed by atoms with E-state index in [0.29, 0.717) is 5.92 Å². The topological polar surface area (TPSA) is 90.7 Å². The van der Waals surface area contributed by atoms with Gasteiger partial charge in [-0.1, -0.05) is 29.8 Å². The Morgan fingerprint density at radius 3 is 2.17 bits per heavy atom. The third-order valence-corrected chi connectivity index (χ3v) is 3.43. The number of hydrogen-bond acceptors (Lipinski definition) is 4. The lowest BCUT2D eigenvalue weighted by Gasteiger charge is -2.19. The molecule has 1 aromatic carbocycles. The van der Waals surface area contributed by atoms with E-state index in [4.69, 9.17) is 29.1 Å². The van der Waals surface area contributed by atoms with Gasteiger partial charge in [-0.25, -0.2) is 0 Å². The van der Waals surface area contributed by atoms with Gasteiger partial charge in [0, 0.05) is 22.8 Å². The van der Waals surface area contributed by atoms with Crippen molar-refractivity contribution >= 4 is 22.0 Å². The van der Waals surface area contributed by atoms with E-state index in [1.54, 1.807) is 0 Å². The molecule has 24 heavy (non-hydrogen) atoms. The molecule has 0 saturated heterocycles. The number of aromatic nitrogens is 1. The lowest BCUT2D eigenvalue weighted by atomic mass is 9.92. The van der Waals surface area contributed by atoms with Gasteiger partial charge in [0.05, 0.1) is 0 Å². The van der Waals surface area contributed by atoms with Crippen LogP contribution in [0.5, 0.6) is 0 Å². The van der Waals surface area contributed by atoms with Crippen LogP contribution < -0.4 is 0 Å². The quantitative estimate of drug-likeness (QED) is 0.783. The Balaban J connectivity index is 0.000000505. The fourth-order valence-electron chi connectivity index (χ4n) is 2.15. The number of halogens is 1. The summed E-state index contributed by atoms with van der Waals surface area (Å²) in [6, 6.07) is 14.2. The highest BCUT2D eigenvalue weighted by atomic mass is 35.5. The molecule has 2 N–H and O–H groups in total. The van der Waals surface area contributed by atoms with Crippen molar-refractivity contribution in [2.45, 2.75) is 12.3 Å². The lowest BCUT2D eigenvalue weighted by molar-refractivity contribution is 0.381. The first-order valence-electron chi connectivity index (χ1n) is 7.18. The van der Waals surface area contributed by atoms with Gasteiger partial charge in [-0.05, 0) is 56.9 Å². The van der Waals surface area contributed by atoms with Gasteiger partial charge >= 0.3 is 10.4 Å². The van der Waals surface area contributed by atoms with Crippen molar-refractivity contribution in [1.82, 2.24) is 9.88 Å². The Hall–Kier alpha value is -1.51. The molecule has 132 valence electrons. The molecule has 0 radical (unpaired) electrons. The molecule has 2 aromatic rings. The summed E-state index contributed by atoms with van der Waals surface area (Å²) in [4.78, 5) is 6.70. The van der Waals surface area contributed by atoms with Gasteiger partial charge in [-0.15, -0.1) is 0 Å². The zero-order valence-corrected chi connectivity index (χ0v) is 15.1. The van der Waals surface area contributed by atoms with E-state index >= 15 is 0 Å². The molecule has 1 atom stereocenters. The van der Waals surface area contributed by atoms with E-state index in [-0.39, 0.29) is 0 Å². The van der Waals surface area contributed by atoms with Gasteiger partial charge in [-0.2, -0.15) is 8.42 Å². The fourth-order valence-corrected chi connectivity index (χ4v) is 2.28. The van der Waals surface area contributed by atoms with Crippen molar-refractivity contribution in [3.05, 3.63) is 64.9 Å². The largest absolute Gasteiger partial charge is 0.394 e. The van der Waals surface area contributed by atoms with Gasteiger partial charge in [-0.3, -0.25) is 14.1 Å². The second-order valence-corrected chi connectivity index (χ2v) is 6.73. The Morgan fingerprint density at radius 1 is 1.12 bits per heavy atom. The predicted octanol–water partition coefficient (Wildman–Crippen LogP) is 3.17. The van der Waals surface area contributed by atoms with Crippen molar-refractivity contribution in [3.63, 3.8) is 0 Å². The summed E-state index contributed by atoms with van der Waals surface area (Å²) in [6.45, 7) is 1.03. The smallest absolute Gasteiger partial charge is 0.309 e. The van der Waals surface area contributed by atoms with E-state index in [2.05, 4.69) is 42.2 Å². The zero-order chi connectivity index (χ0) is 18.2. The first-order valence-corrected chi connectivity index (χ1v) is 8.95. The summed E-state index contributed by atoms with van der Waals surface area (Å²) in [6.07, 6.45) is 2.90. The van der Waals surface area contributed by atoms with Gasteiger partial charge in [0.1, 0.15) is 0 Å². The molecular formula is C16H21ClN2O4S. The summed E-state index contributed by atoms with van der Waals surface area (Å²) < 4.78 is 31.6. The third kappa shape index (κ3) is 8.95. The minimum Gasteiger partial charge on any atom is -0.309 e. The molecule has 0 bridgehead atoms. The maximum absolute atomic E-state index is 8.74. The van der Waals surface area contributed by atoms with Crippen LogP contribution in [0.1, 0.15) is 23.6 Å². The molecule has 0 aliphatic carbocycles. The molecule has 1 aromatic heterocycles. The monoisotopic (exact) mass is 372 g/mol. The summed E-state index contributed by atoms with van der Waals surface area (Å²) >= 11 is 5.97. The Bertz CT molecular complexity index is 699. The van der Waals surface area contributed by atoms with Gasteiger partial charge in [0.15, 0.2) is 0 Å². The maximum Gasteiger partial charge on any atom is 0.394 e. The van der Waals surface area contributed by atoms with Crippen molar-refractivity contribution in [2.24, 2.45) is 0 Å². The second kappa shape index (κ2) is 9.71. The lowest BCUT2D eigenvalue weighted by Crippen LogP contribution is -2.17. The fraction of sp³-hybridized carbons (Fsp3) is 0.312. The van der Waals surface area contributed by atoms with Gasteiger partial charge < -0.3 is 4.90 Å². The molecular weight excluding hydrogens is 352 g/mol. The van der Waals surface area contributed by atoms with Crippen LogP contribution in [-0.2, 0) is 10.4 Å². The summed E-state index contributed by atoms with van der Waals surface area (Å²) in [7, 11) is -0.477. The summed E-state index contributed by atoms with van der Waals surface area (Å²) in [5.74, 6) is 0.320. The molecule has 0 spiro atoms. The number of pyridine rings is 1. The first-order chi connectivity index (χ1) is 11.2. The first kappa shape index (κ1) is 20.5. The van der Waals surface area contributed by atoms with E-state index in [0.717, 1.165) is 23.7 Å². The van der Waals surface area contributed by atoms with Crippen LogP contribution >= 0.6 is 11.6 Å². The average Bonchev–Trinajstić information content (AvgIpc) is 2.48. The van der Waals surface area contributed by atoms with Crippen LogP contribution in [0.3, 0.4) is 0 Å². The Morgan fingerprint density at radius 2 is 1.71 bits per heavy atom. The number of nitrogens with zero attached hydrogens (tertiary/aromatic N) is 2. The standard InChI is InChI=1S/C16H19ClN2.H2O4S/c1-19(2)12-10-15(16-5-3-4-11-18-16)13-6-8-14(17)9-7-13;1-5(2,3)4/h3-9,11,15H,10,12H2,1-2H3;(H2,1,2,3,4). The highest BCUT2D eigenvalue weighted by Gasteiger charge is 2.15. The average molecular weight is 373 g/mol. The van der Waals surface area contributed by atoms with Crippen molar-refractivity contribution in [3.8, 4) is 0 Å². The van der Waals surface area contributed by atoms with Crippen molar-refractivity contribution in [1.29, 1.82) is 0 Å². The van der Waals surface area contributed by atoms with Gasteiger partial charge in [0.25, 0.3) is 0 Å². The van der Waals surface area contributed by atoms with Crippen LogP contribution in [-0.4, -0.2) is 48.0 Å². The highest BCUT2D eigenvalue weighted by Crippen LogP contribution is 2.27. The minimum absolute atomic E-state index is 0.320. The van der Waals surface area contributed by atoms with Crippen molar-refractivity contribution < 1.29 is 17.5 Å². The van der Waals surface area contributed by atoms with E-state index in [1.165, 1.54) is 5.56 Å². The molecule has 2 rings (SSSR count). The molecule has 0 amide bonds. The maximum atomic E-state index is 8.74.